The van der Waals surface area contributed by atoms with E-state index in [0.29, 0.717) is 4.72 Å². The number of alkyl halides is 13. The van der Waals surface area contributed by atoms with Crippen LogP contribution in [0.2, 0.25) is 0 Å². The van der Waals surface area contributed by atoms with Crippen LogP contribution in [0.15, 0.2) is 0 Å². The molecule has 200 valence electrons. The fourth-order valence-corrected chi connectivity index (χ4v) is 3.28. The Balaban J connectivity index is 6.05. The van der Waals surface area contributed by atoms with Gasteiger partial charge in [0.15, 0.2) is 0 Å². The second kappa shape index (κ2) is 9.15. The first-order valence-corrected chi connectivity index (χ1v) is 9.70. The van der Waals surface area contributed by atoms with Crippen LogP contribution in [0.5, 0.6) is 0 Å². The number of nitrogens with zero attached hydrogens (tertiary/aromatic N) is 1. The highest BCUT2D eigenvalue weighted by molar-refractivity contribution is 7.90. The number of likely N-dealkylation sites (N-methyl/N-ethyl adjacent to an activating group) is 1. The Kier molecular flexibility index (Phi) is 8.84. The average molecular weight is 545 g/mol. The third kappa shape index (κ3) is 5.59. The Morgan fingerprint density at radius 2 is 1.18 bits per heavy atom. The van der Waals surface area contributed by atoms with Crippen molar-refractivity contribution in [2.45, 2.75) is 41.2 Å². The molecule has 0 aromatic heterocycles. The fraction of sp³-hybridized carbons (Fsp3) is 1.00. The SMILES string of the molecule is C[N+](C)(CCO)CC(O)CNS(=O)(=O)C(F)(F)C(F)(F)C(F)(F)C(F)(F)C(F)(F)C(F)(F)F. The molecule has 0 aliphatic rings. The van der Waals surface area contributed by atoms with Gasteiger partial charge in [-0.15, -0.1) is 0 Å². The van der Waals surface area contributed by atoms with Gasteiger partial charge >= 0.3 is 35.1 Å². The third-order valence-electron chi connectivity index (χ3n) is 4.16. The standard InChI is InChI=1S/C13H18F13N2O4S/c1-28(2,3-4-29)6-7(30)5-27-33(31,32)13(25,26)11(20,21)9(16,17)8(14,15)10(18,19)12(22,23)24/h7,27,29-30H,3-6H2,1-2H3/q+1. The first kappa shape index (κ1) is 31.9. The average Bonchev–Trinajstić information content (AvgIpc) is 2.57. The summed E-state index contributed by atoms with van der Waals surface area (Å²) in [6.45, 7) is -2.81. The molecule has 0 saturated heterocycles. The summed E-state index contributed by atoms with van der Waals surface area (Å²) in [4.78, 5) is 0. The van der Waals surface area contributed by atoms with Crippen LogP contribution >= 0.6 is 0 Å². The predicted molar refractivity (Wildman–Crippen MR) is 82.6 cm³/mol. The molecular weight excluding hydrogens is 527 g/mol. The number of aliphatic hydroxyl groups is 2. The smallest absolute Gasteiger partial charge is 0.391 e. The van der Waals surface area contributed by atoms with Gasteiger partial charge in [-0.05, 0) is 0 Å². The van der Waals surface area contributed by atoms with Crippen LogP contribution in [0.4, 0.5) is 57.1 Å². The van der Waals surface area contributed by atoms with Crippen LogP contribution in [0.3, 0.4) is 0 Å². The number of nitrogens with one attached hydrogen (secondary N) is 1. The molecule has 0 aromatic rings. The Morgan fingerprint density at radius 1 is 0.788 bits per heavy atom. The van der Waals surface area contributed by atoms with Crippen molar-refractivity contribution in [3.8, 4) is 0 Å². The Bertz CT molecular complexity index is 784. The van der Waals surface area contributed by atoms with E-state index in [1.54, 1.807) is 0 Å². The van der Waals surface area contributed by atoms with Gasteiger partial charge in [-0.2, -0.15) is 57.1 Å². The monoisotopic (exact) mass is 545 g/mol. The lowest BCUT2D eigenvalue weighted by molar-refractivity contribution is -0.893. The normalized spacial score (nSPS) is 16.8. The Morgan fingerprint density at radius 3 is 1.55 bits per heavy atom. The molecule has 0 heterocycles. The lowest BCUT2D eigenvalue weighted by atomic mass is 9.98. The molecule has 1 unspecified atom stereocenters. The molecule has 0 bridgehead atoms. The third-order valence-corrected chi connectivity index (χ3v) is 5.64. The van der Waals surface area contributed by atoms with Crippen molar-refractivity contribution in [1.29, 1.82) is 0 Å². The minimum absolute atomic E-state index is 0.118. The van der Waals surface area contributed by atoms with Gasteiger partial charge in [-0.1, -0.05) is 0 Å². The van der Waals surface area contributed by atoms with Crippen molar-refractivity contribution in [2.75, 3.05) is 40.3 Å². The molecule has 0 fully saturated rings. The molecule has 0 spiro atoms. The van der Waals surface area contributed by atoms with Crippen LogP contribution in [0.1, 0.15) is 0 Å². The summed E-state index contributed by atoms with van der Waals surface area (Å²) in [5, 5.41) is 11.0. The molecule has 0 radical (unpaired) electrons. The maximum Gasteiger partial charge on any atom is 0.460 e. The topological polar surface area (TPSA) is 86.6 Å². The van der Waals surface area contributed by atoms with Gasteiger partial charge < -0.3 is 14.7 Å². The van der Waals surface area contributed by atoms with Gasteiger partial charge in [-0.25, -0.2) is 13.1 Å². The molecule has 33 heavy (non-hydrogen) atoms. The molecule has 0 amide bonds. The maximum absolute atomic E-state index is 13.7. The van der Waals surface area contributed by atoms with Gasteiger partial charge in [0.05, 0.1) is 20.7 Å². The zero-order chi connectivity index (χ0) is 27.1. The van der Waals surface area contributed by atoms with E-state index < -0.39 is 70.9 Å². The summed E-state index contributed by atoms with van der Waals surface area (Å²) < 4.78 is 192. The summed E-state index contributed by atoms with van der Waals surface area (Å²) in [5.41, 5.74) is 0. The highest BCUT2D eigenvalue weighted by Crippen LogP contribution is 2.60. The van der Waals surface area contributed by atoms with Crippen molar-refractivity contribution in [3.05, 3.63) is 0 Å². The van der Waals surface area contributed by atoms with Gasteiger partial charge in [-0.3, -0.25) is 0 Å². The van der Waals surface area contributed by atoms with Crippen molar-refractivity contribution in [3.63, 3.8) is 0 Å². The molecule has 0 aliphatic heterocycles. The minimum Gasteiger partial charge on any atom is -0.391 e. The lowest BCUT2D eigenvalue weighted by Crippen LogP contribution is -2.71. The van der Waals surface area contributed by atoms with Crippen molar-refractivity contribution in [1.82, 2.24) is 4.72 Å². The van der Waals surface area contributed by atoms with Crippen molar-refractivity contribution in [2.24, 2.45) is 0 Å². The number of hydrogen-bond acceptors (Lipinski definition) is 4. The molecule has 3 N–H and O–H groups in total. The quantitative estimate of drug-likeness (QED) is 0.259. The predicted octanol–water partition coefficient (Wildman–Crippen LogP) is 2.03. The molecular formula is C13H18F13N2O4S+. The molecule has 6 nitrogen and oxygen atoms in total. The molecule has 0 rings (SSSR count). The van der Waals surface area contributed by atoms with E-state index in [9.17, 15) is 70.6 Å². The molecule has 0 aliphatic carbocycles. The largest absolute Gasteiger partial charge is 0.460 e. The summed E-state index contributed by atoms with van der Waals surface area (Å²) in [5.74, 6) is -32.5. The lowest BCUT2D eigenvalue weighted by Gasteiger charge is -2.39. The van der Waals surface area contributed by atoms with Gasteiger partial charge in [0.2, 0.25) is 0 Å². The second-order valence-corrected chi connectivity index (χ2v) is 9.19. The number of sulfonamides is 1. The molecule has 1 atom stereocenters. The Labute approximate surface area is 177 Å². The number of hydrogen-bond donors (Lipinski definition) is 3. The van der Waals surface area contributed by atoms with Crippen LogP contribution in [0, 0.1) is 0 Å². The van der Waals surface area contributed by atoms with E-state index >= 15 is 0 Å². The van der Waals surface area contributed by atoms with Gasteiger partial charge in [0.1, 0.15) is 19.2 Å². The van der Waals surface area contributed by atoms with E-state index in [4.69, 9.17) is 5.11 Å². The highest BCUT2D eigenvalue weighted by atomic mass is 32.2. The molecule has 20 heteroatoms. The minimum atomic E-state index is -8.25. The molecule has 0 aromatic carbocycles. The van der Waals surface area contributed by atoms with E-state index in [-0.39, 0.29) is 11.0 Å². The Hall–Kier alpha value is -1.12. The maximum atomic E-state index is 13.7. The number of halogens is 13. The number of quaternary nitrogens is 1. The van der Waals surface area contributed by atoms with Crippen LogP contribution in [0.25, 0.3) is 0 Å². The number of rotatable bonds is 12. The van der Waals surface area contributed by atoms with E-state index in [2.05, 4.69) is 0 Å². The van der Waals surface area contributed by atoms with Gasteiger partial charge in [0, 0.05) is 6.54 Å². The summed E-state index contributed by atoms with van der Waals surface area (Å²) in [6.07, 6.45) is -9.64. The zero-order valence-electron chi connectivity index (χ0n) is 16.4. The zero-order valence-corrected chi connectivity index (χ0v) is 17.2. The fourth-order valence-electron chi connectivity index (χ4n) is 2.22. The van der Waals surface area contributed by atoms with Crippen LogP contribution in [-0.4, -0.2) is 105 Å². The first-order valence-electron chi connectivity index (χ1n) is 8.22. The summed E-state index contributed by atoms with van der Waals surface area (Å²) in [7, 11) is -4.61. The van der Waals surface area contributed by atoms with E-state index in [1.165, 1.54) is 14.1 Å². The highest BCUT2D eigenvalue weighted by Gasteiger charge is 2.92. The van der Waals surface area contributed by atoms with Crippen LogP contribution in [-0.2, 0) is 10.0 Å². The second-order valence-electron chi connectivity index (χ2n) is 7.38. The summed E-state index contributed by atoms with van der Waals surface area (Å²) in [6, 6.07) is 0. The summed E-state index contributed by atoms with van der Waals surface area (Å²) >= 11 is 0. The number of aliphatic hydroxyl groups excluding tert-OH is 2. The molecule has 0 saturated carbocycles. The van der Waals surface area contributed by atoms with Crippen molar-refractivity contribution >= 4 is 10.0 Å². The van der Waals surface area contributed by atoms with E-state index in [1.807, 2.05) is 0 Å². The van der Waals surface area contributed by atoms with Gasteiger partial charge in [0.25, 0.3) is 10.0 Å². The van der Waals surface area contributed by atoms with Crippen LogP contribution < -0.4 is 4.72 Å². The van der Waals surface area contributed by atoms with E-state index in [0.717, 1.165) is 0 Å². The first-order chi connectivity index (χ1) is 14.2. The van der Waals surface area contributed by atoms with Crippen molar-refractivity contribution < 1.29 is 80.2 Å².